The molecule has 1 N–H and O–H groups in total. The summed E-state index contributed by atoms with van der Waals surface area (Å²) in [5.41, 5.74) is 3.12. The van der Waals surface area contributed by atoms with E-state index >= 15 is 0 Å². The first-order chi connectivity index (χ1) is 23.9. The number of fused-ring (bicyclic) bond motifs is 1. The van der Waals surface area contributed by atoms with Crippen LogP contribution in [-0.2, 0) is 39.9 Å². The van der Waals surface area contributed by atoms with Gasteiger partial charge in [0.2, 0.25) is 0 Å². The molecule has 1 aliphatic heterocycles. The number of alkyl halides is 3. The van der Waals surface area contributed by atoms with Gasteiger partial charge in [0.05, 0.1) is 47.6 Å². The predicted molar refractivity (Wildman–Crippen MR) is 178 cm³/mol. The van der Waals surface area contributed by atoms with E-state index in [-0.39, 0.29) is 43.0 Å². The predicted octanol–water partition coefficient (Wildman–Crippen LogP) is 5.59. The van der Waals surface area contributed by atoms with E-state index in [9.17, 15) is 23.2 Å². The highest BCUT2D eigenvalue weighted by atomic mass is 19.4. The van der Waals surface area contributed by atoms with E-state index in [4.69, 9.17) is 5.26 Å². The first kappa shape index (κ1) is 33.8. The lowest BCUT2D eigenvalue weighted by molar-refractivity contribution is -0.138. The summed E-state index contributed by atoms with van der Waals surface area (Å²) >= 11 is 0. The molecule has 0 saturated heterocycles. The Morgan fingerprint density at radius 2 is 1.82 bits per heavy atom. The van der Waals surface area contributed by atoms with E-state index in [0.717, 1.165) is 17.5 Å². The van der Waals surface area contributed by atoms with Gasteiger partial charge in [-0.05, 0) is 84.8 Å². The Kier molecular flexibility index (Phi) is 9.10. The molecule has 0 saturated carbocycles. The second kappa shape index (κ2) is 13.4. The van der Waals surface area contributed by atoms with Crippen LogP contribution in [0.4, 0.5) is 24.8 Å². The lowest BCUT2D eigenvalue weighted by Crippen LogP contribution is -2.24. The molecule has 254 valence electrons. The van der Waals surface area contributed by atoms with E-state index < -0.39 is 17.6 Å². The van der Waals surface area contributed by atoms with Crippen molar-refractivity contribution in [2.24, 2.45) is 14.1 Å². The molecular weight excluding hydrogens is 647 g/mol. The summed E-state index contributed by atoms with van der Waals surface area (Å²) in [6.07, 6.45) is -3.01. The van der Waals surface area contributed by atoms with E-state index in [1.807, 2.05) is 24.9 Å². The molecular formula is C35H32F3N11O. The van der Waals surface area contributed by atoms with Crippen molar-refractivity contribution in [3.05, 3.63) is 94.1 Å². The van der Waals surface area contributed by atoms with Crippen LogP contribution in [0.3, 0.4) is 0 Å². The van der Waals surface area contributed by atoms with E-state index in [2.05, 4.69) is 37.7 Å². The molecule has 1 aliphatic rings. The summed E-state index contributed by atoms with van der Waals surface area (Å²) in [5, 5.41) is 34.4. The van der Waals surface area contributed by atoms with Gasteiger partial charge >= 0.3 is 6.18 Å². The number of hydrogen-bond donors (Lipinski definition) is 1. The van der Waals surface area contributed by atoms with Crippen molar-refractivity contribution in [3.63, 3.8) is 0 Å². The molecule has 6 rings (SSSR count). The van der Waals surface area contributed by atoms with Crippen molar-refractivity contribution in [2.75, 3.05) is 23.8 Å². The number of nitrogens with one attached hydrogen (secondary N) is 1. The van der Waals surface area contributed by atoms with Crippen molar-refractivity contribution in [3.8, 4) is 34.7 Å². The third-order valence-corrected chi connectivity index (χ3v) is 8.43. The summed E-state index contributed by atoms with van der Waals surface area (Å²) in [6.45, 7) is 2.36. The van der Waals surface area contributed by atoms with Gasteiger partial charge in [-0.2, -0.15) is 28.8 Å². The lowest BCUT2D eigenvalue weighted by atomic mass is 9.97. The van der Waals surface area contributed by atoms with Gasteiger partial charge in [-0.3, -0.25) is 19.3 Å². The molecule has 0 aliphatic carbocycles. The number of pyridine rings is 1. The number of carbonyl (C=O) groups excluding carboxylic acids is 1. The molecule has 5 aromatic rings. The maximum atomic E-state index is 14.6. The second-order valence-electron chi connectivity index (χ2n) is 12.2. The minimum atomic E-state index is -4.71. The highest BCUT2D eigenvalue weighted by Crippen LogP contribution is 2.41. The minimum Gasteiger partial charge on any atom is -0.369 e. The Hall–Kier alpha value is -6.06. The average molecular weight is 680 g/mol. The number of halogens is 3. The highest BCUT2D eigenvalue weighted by Gasteiger charge is 2.41. The quantitative estimate of drug-likeness (QED) is 0.187. The van der Waals surface area contributed by atoms with Crippen molar-refractivity contribution in [1.82, 2.24) is 34.4 Å². The van der Waals surface area contributed by atoms with Gasteiger partial charge < -0.3 is 9.88 Å². The zero-order valence-corrected chi connectivity index (χ0v) is 27.7. The van der Waals surface area contributed by atoms with Gasteiger partial charge in [0.15, 0.2) is 5.82 Å². The van der Waals surface area contributed by atoms with Gasteiger partial charge in [-0.15, -0.1) is 10.2 Å². The van der Waals surface area contributed by atoms with E-state index in [1.54, 1.807) is 53.7 Å². The average Bonchev–Trinajstić information content (AvgIpc) is 3.75. The molecule has 50 heavy (non-hydrogen) atoms. The standard InChI is InChI=1S/C35H32F3N11O/c1-21-10-25(48(4)45-21)18-46(2)17-23-12-28-29(30(13-23)35(36,37)38)19-49(34(28)50)32-15-24(14-31(43-32)41-9-5-8-39)27-11-22(16-40)6-7-26(27)33-44-42-20-47(33)3/h6-7,10-15,20H,5,9,17-19H2,1-4H3,(H,41,43). The number of nitriles is 2. The van der Waals surface area contributed by atoms with Crippen LogP contribution < -0.4 is 10.2 Å². The maximum Gasteiger partial charge on any atom is 0.416 e. The van der Waals surface area contributed by atoms with Crippen molar-refractivity contribution < 1.29 is 18.0 Å². The van der Waals surface area contributed by atoms with Gasteiger partial charge in [0.25, 0.3) is 5.91 Å². The Morgan fingerprint density at radius 1 is 1.02 bits per heavy atom. The number of rotatable bonds is 10. The number of carbonyl (C=O) groups is 1. The van der Waals surface area contributed by atoms with Crippen LogP contribution in [0.25, 0.3) is 22.5 Å². The zero-order valence-electron chi connectivity index (χ0n) is 27.7. The number of aromatic nitrogens is 6. The number of benzene rings is 2. The van der Waals surface area contributed by atoms with Crippen LogP contribution in [0.15, 0.2) is 54.9 Å². The fourth-order valence-corrected chi connectivity index (χ4v) is 6.18. The molecule has 0 radical (unpaired) electrons. The van der Waals surface area contributed by atoms with Crippen molar-refractivity contribution in [1.29, 1.82) is 10.5 Å². The fourth-order valence-electron chi connectivity index (χ4n) is 6.18. The number of amides is 1. The van der Waals surface area contributed by atoms with Gasteiger partial charge in [-0.25, -0.2) is 4.98 Å². The first-order valence-corrected chi connectivity index (χ1v) is 15.6. The van der Waals surface area contributed by atoms with Gasteiger partial charge in [0, 0.05) is 44.9 Å². The molecule has 0 fully saturated rings. The molecule has 0 spiro atoms. The molecule has 2 aromatic carbocycles. The molecule has 3 aromatic heterocycles. The van der Waals surface area contributed by atoms with Crippen molar-refractivity contribution in [2.45, 2.75) is 39.2 Å². The van der Waals surface area contributed by atoms with Crippen LogP contribution in [0.5, 0.6) is 0 Å². The molecule has 12 nitrogen and oxygen atoms in total. The summed E-state index contributed by atoms with van der Waals surface area (Å²) < 4.78 is 47.2. The Bertz CT molecular complexity index is 2190. The molecule has 1 amide bonds. The molecule has 0 bridgehead atoms. The molecule has 0 atom stereocenters. The topological polar surface area (TPSA) is 145 Å². The Labute approximate surface area is 286 Å². The molecule has 0 unspecified atom stereocenters. The monoisotopic (exact) mass is 679 g/mol. The lowest BCUT2D eigenvalue weighted by Gasteiger charge is -2.19. The minimum absolute atomic E-state index is 0.0444. The summed E-state index contributed by atoms with van der Waals surface area (Å²) in [7, 11) is 5.38. The van der Waals surface area contributed by atoms with E-state index in [0.29, 0.717) is 46.0 Å². The number of hydrogen-bond acceptors (Lipinski definition) is 9. The second-order valence-corrected chi connectivity index (χ2v) is 12.2. The van der Waals surface area contributed by atoms with Crippen LogP contribution in [-0.4, -0.2) is 53.9 Å². The summed E-state index contributed by atoms with van der Waals surface area (Å²) in [5.74, 6) is 0.292. The number of aryl methyl sites for hydroxylation is 3. The zero-order chi connectivity index (χ0) is 35.7. The van der Waals surface area contributed by atoms with Crippen molar-refractivity contribution >= 4 is 17.5 Å². The maximum absolute atomic E-state index is 14.6. The first-order valence-electron chi connectivity index (χ1n) is 15.6. The molecule has 15 heteroatoms. The molecule has 4 heterocycles. The normalized spacial score (nSPS) is 12.7. The van der Waals surface area contributed by atoms with Crippen LogP contribution in [0.2, 0.25) is 0 Å². The largest absolute Gasteiger partial charge is 0.416 e. The van der Waals surface area contributed by atoms with Crippen LogP contribution >= 0.6 is 0 Å². The Morgan fingerprint density at radius 3 is 2.48 bits per heavy atom. The Balaban J connectivity index is 1.41. The third kappa shape index (κ3) is 6.76. The van der Waals surface area contributed by atoms with E-state index in [1.165, 1.54) is 17.3 Å². The van der Waals surface area contributed by atoms with Crippen LogP contribution in [0.1, 0.15) is 50.4 Å². The third-order valence-electron chi connectivity index (χ3n) is 8.43. The highest BCUT2D eigenvalue weighted by molar-refractivity contribution is 6.10. The number of anilines is 2. The SMILES string of the molecule is Cc1cc(CN(C)Cc2cc3c(c(C(F)(F)F)c2)CN(c2cc(-c4cc(C#N)ccc4-c4nncn4C)cc(NCCC#N)n2)C3=O)n(C)n1. The fraction of sp³-hybridized carbons (Fsp3) is 0.286. The van der Waals surface area contributed by atoms with Gasteiger partial charge in [0.1, 0.15) is 18.0 Å². The van der Waals surface area contributed by atoms with Crippen LogP contribution in [0, 0.1) is 29.6 Å². The smallest absolute Gasteiger partial charge is 0.369 e. The summed E-state index contributed by atoms with van der Waals surface area (Å²) in [4.78, 5) is 21.7. The summed E-state index contributed by atoms with van der Waals surface area (Å²) in [6, 6.07) is 17.1. The number of nitrogens with zero attached hydrogens (tertiary/aromatic N) is 10. The van der Waals surface area contributed by atoms with Gasteiger partial charge in [-0.1, -0.05) is 0 Å².